The van der Waals surface area contributed by atoms with Crippen molar-refractivity contribution in [3.8, 4) is 0 Å². The predicted molar refractivity (Wildman–Crippen MR) is 53.4 cm³/mol. The van der Waals surface area contributed by atoms with E-state index in [9.17, 15) is 19.5 Å². The maximum Gasteiger partial charge on any atom is 0.324 e. The Morgan fingerprint density at radius 2 is 1.83 bits per heavy atom. The van der Waals surface area contributed by atoms with Gasteiger partial charge in [0.2, 0.25) is 0 Å². The number of carboxylic acid groups (broad SMARTS) is 2. The number of nitrogens with zero attached hydrogens (tertiary/aromatic N) is 1. The standard InChI is InChI=1S/C9H13NO8/c11-4(12)2-10-1-3(8(15)16)6(13)7(14)5(10)9(17)18/h3-5,7,11-12,14H,1-2H2,(H,15,16)(H,17,18). The van der Waals surface area contributed by atoms with Crippen LogP contribution >= 0.6 is 0 Å². The lowest BCUT2D eigenvalue weighted by atomic mass is 9.88. The van der Waals surface area contributed by atoms with Crippen LogP contribution < -0.4 is 0 Å². The van der Waals surface area contributed by atoms with E-state index in [4.69, 9.17) is 20.4 Å². The zero-order chi connectivity index (χ0) is 14.0. The van der Waals surface area contributed by atoms with E-state index in [0.29, 0.717) is 0 Å². The van der Waals surface area contributed by atoms with E-state index in [2.05, 4.69) is 0 Å². The van der Waals surface area contributed by atoms with Crippen LogP contribution in [0.2, 0.25) is 0 Å². The molecule has 0 radical (unpaired) electrons. The molecule has 0 bridgehead atoms. The van der Waals surface area contributed by atoms with Crippen LogP contribution in [0.3, 0.4) is 0 Å². The number of aliphatic carboxylic acids is 2. The summed E-state index contributed by atoms with van der Waals surface area (Å²) in [6.07, 6.45) is -3.92. The average molecular weight is 263 g/mol. The highest BCUT2D eigenvalue weighted by atomic mass is 16.5. The molecule has 0 saturated carbocycles. The second-order valence-electron chi connectivity index (χ2n) is 3.96. The van der Waals surface area contributed by atoms with Gasteiger partial charge >= 0.3 is 11.9 Å². The fourth-order valence-corrected chi connectivity index (χ4v) is 1.89. The Labute approximate surface area is 101 Å². The molecule has 1 fully saturated rings. The Bertz CT molecular complexity index is 368. The van der Waals surface area contributed by atoms with Gasteiger partial charge in [-0.2, -0.15) is 0 Å². The van der Waals surface area contributed by atoms with Gasteiger partial charge in [-0.15, -0.1) is 0 Å². The third kappa shape index (κ3) is 2.82. The molecule has 1 aliphatic rings. The largest absolute Gasteiger partial charge is 0.481 e. The van der Waals surface area contributed by atoms with Gasteiger partial charge in [-0.3, -0.25) is 19.3 Å². The molecule has 0 spiro atoms. The smallest absolute Gasteiger partial charge is 0.324 e. The van der Waals surface area contributed by atoms with Crippen LogP contribution in [-0.4, -0.2) is 79.7 Å². The number of rotatable bonds is 4. The number of carbonyl (C=O) groups is 3. The van der Waals surface area contributed by atoms with Gasteiger partial charge in [-0.25, -0.2) is 0 Å². The Hall–Kier alpha value is -1.55. The van der Waals surface area contributed by atoms with Crippen LogP contribution in [0.4, 0.5) is 0 Å². The fourth-order valence-electron chi connectivity index (χ4n) is 1.89. The minimum Gasteiger partial charge on any atom is -0.481 e. The van der Waals surface area contributed by atoms with Gasteiger partial charge in [0.15, 0.2) is 12.1 Å². The summed E-state index contributed by atoms with van der Waals surface area (Å²) in [6.45, 7) is -1.08. The van der Waals surface area contributed by atoms with Crippen molar-refractivity contribution in [1.29, 1.82) is 0 Å². The molecule has 1 aliphatic heterocycles. The summed E-state index contributed by atoms with van der Waals surface area (Å²) >= 11 is 0. The van der Waals surface area contributed by atoms with Crippen molar-refractivity contribution in [1.82, 2.24) is 4.90 Å². The number of Topliss-reactive ketones (excluding diaryl/α,β-unsaturated/α-hetero) is 1. The number of hydrogen-bond donors (Lipinski definition) is 5. The number of aliphatic hydroxyl groups excluding tert-OH is 2. The van der Waals surface area contributed by atoms with Gasteiger partial charge in [0.05, 0.1) is 6.54 Å². The van der Waals surface area contributed by atoms with Crippen LogP contribution in [0.1, 0.15) is 0 Å². The van der Waals surface area contributed by atoms with Gasteiger partial charge in [0.1, 0.15) is 18.1 Å². The highest BCUT2D eigenvalue weighted by molar-refractivity contribution is 6.03. The molecular formula is C9H13NO8. The molecule has 1 rings (SSSR count). The first kappa shape index (κ1) is 14.5. The Morgan fingerprint density at radius 1 is 1.28 bits per heavy atom. The first-order valence-corrected chi connectivity index (χ1v) is 5.03. The number of piperidine rings is 1. The molecule has 0 aliphatic carbocycles. The first-order valence-electron chi connectivity index (χ1n) is 5.03. The molecule has 3 unspecified atom stereocenters. The SMILES string of the molecule is O=C(O)C1CN(CC(O)O)C(C(=O)O)C(O)C1=O. The van der Waals surface area contributed by atoms with E-state index in [0.717, 1.165) is 4.90 Å². The van der Waals surface area contributed by atoms with E-state index in [-0.39, 0.29) is 0 Å². The molecule has 0 aromatic rings. The van der Waals surface area contributed by atoms with E-state index >= 15 is 0 Å². The quantitative estimate of drug-likeness (QED) is 0.259. The Balaban J connectivity index is 3.00. The van der Waals surface area contributed by atoms with Gasteiger partial charge in [0.25, 0.3) is 0 Å². The van der Waals surface area contributed by atoms with E-state index < -0.39 is 55.2 Å². The lowest BCUT2D eigenvalue weighted by molar-refractivity contribution is -0.170. The molecule has 3 atom stereocenters. The topological polar surface area (TPSA) is 156 Å². The molecule has 102 valence electrons. The van der Waals surface area contributed by atoms with Crippen LogP contribution in [-0.2, 0) is 14.4 Å². The summed E-state index contributed by atoms with van der Waals surface area (Å²) in [5.74, 6) is -5.73. The normalized spacial score (nSPS) is 29.6. The van der Waals surface area contributed by atoms with Gasteiger partial charge < -0.3 is 25.5 Å². The summed E-state index contributed by atoms with van der Waals surface area (Å²) in [5.41, 5.74) is 0. The van der Waals surface area contributed by atoms with E-state index in [1.807, 2.05) is 0 Å². The second-order valence-corrected chi connectivity index (χ2v) is 3.96. The van der Waals surface area contributed by atoms with Crippen LogP contribution in [0.5, 0.6) is 0 Å². The van der Waals surface area contributed by atoms with Gasteiger partial charge in [0, 0.05) is 6.54 Å². The molecule has 18 heavy (non-hydrogen) atoms. The van der Waals surface area contributed by atoms with Crippen molar-refractivity contribution in [2.45, 2.75) is 18.4 Å². The maximum absolute atomic E-state index is 11.5. The molecule has 1 saturated heterocycles. The number of aliphatic hydroxyl groups is 3. The number of ketones is 1. The van der Waals surface area contributed by atoms with Crippen molar-refractivity contribution in [2.75, 3.05) is 13.1 Å². The Kier molecular flexibility index (Phi) is 4.35. The third-order valence-corrected chi connectivity index (χ3v) is 2.69. The first-order chi connectivity index (χ1) is 8.25. The highest BCUT2D eigenvalue weighted by Gasteiger charge is 2.48. The number of likely N-dealkylation sites (tertiary alicyclic amines) is 1. The van der Waals surface area contributed by atoms with Gasteiger partial charge in [-0.1, -0.05) is 0 Å². The fraction of sp³-hybridized carbons (Fsp3) is 0.667. The number of carboxylic acids is 2. The summed E-state index contributed by atoms with van der Waals surface area (Å²) in [7, 11) is 0. The highest BCUT2D eigenvalue weighted by Crippen LogP contribution is 2.20. The molecule has 1 heterocycles. The predicted octanol–water partition coefficient (Wildman–Crippen LogP) is -3.30. The second kappa shape index (κ2) is 5.40. The lowest BCUT2D eigenvalue weighted by Gasteiger charge is -2.38. The Morgan fingerprint density at radius 3 is 2.22 bits per heavy atom. The molecule has 0 amide bonds. The summed E-state index contributed by atoms with van der Waals surface area (Å²) in [5, 5.41) is 44.7. The molecule has 9 nitrogen and oxygen atoms in total. The lowest BCUT2D eigenvalue weighted by Crippen LogP contribution is -2.62. The van der Waals surface area contributed by atoms with E-state index in [1.54, 1.807) is 0 Å². The van der Waals surface area contributed by atoms with Crippen LogP contribution in [0.25, 0.3) is 0 Å². The van der Waals surface area contributed by atoms with Crippen LogP contribution in [0, 0.1) is 5.92 Å². The molecule has 0 aromatic heterocycles. The molecule has 5 N–H and O–H groups in total. The van der Waals surface area contributed by atoms with Crippen LogP contribution in [0.15, 0.2) is 0 Å². The zero-order valence-corrected chi connectivity index (χ0v) is 9.13. The average Bonchev–Trinajstić information content (AvgIpc) is 2.21. The van der Waals surface area contributed by atoms with Crippen molar-refractivity contribution in [2.24, 2.45) is 5.92 Å². The summed E-state index contributed by atoms with van der Waals surface area (Å²) in [4.78, 5) is 34.0. The maximum atomic E-state index is 11.5. The third-order valence-electron chi connectivity index (χ3n) is 2.69. The summed E-state index contributed by atoms with van der Waals surface area (Å²) < 4.78 is 0. The van der Waals surface area contributed by atoms with Crippen molar-refractivity contribution < 1.29 is 39.9 Å². The molecule has 9 heteroatoms. The molecular weight excluding hydrogens is 250 g/mol. The number of β-amino-alcohol motifs (C(OH)–C–C–N with tert-alkyl or cyclic N) is 2. The number of hydrogen-bond acceptors (Lipinski definition) is 7. The monoisotopic (exact) mass is 263 g/mol. The van der Waals surface area contributed by atoms with Crippen molar-refractivity contribution in [3.05, 3.63) is 0 Å². The summed E-state index contributed by atoms with van der Waals surface area (Å²) in [6, 6.07) is -1.69. The van der Waals surface area contributed by atoms with Crippen molar-refractivity contribution in [3.63, 3.8) is 0 Å². The zero-order valence-electron chi connectivity index (χ0n) is 9.13. The van der Waals surface area contributed by atoms with Crippen molar-refractivity contribution >= 4 is 17.7 Å². The number of carbonyl (C=O) groups excluding carboxylic acids is 1. The minimum atomic E-state index is -2.02. The molecule has 0 aromatic carbocycles. The van der Waals surface area contributed by atoms with Gasteiger partial charge in [-0.05, 0) is 0 Å². The minimum absolute atomic E-state index is 0.500. The van der Waals surface area contributed by atoms with E-state index in [1.165, 1.54) is 0 Å².